The van der Waals surface area contributed by atoms with Gasteiger partial charge in [0.15, 0.2) is 0 Å². The number of aromatic amines is 1. The molecule has 0 atom stereocenters. The number of carbonyl (C=O) groups is 1. The first-order chi connectivity index (χ1) is 12.1. The molecule has 4 aromatic rings. The van der Waals surface area contributed by atoms with Crippen molar-refractivity contribution in [3.05, 3.63) is 66.2 Å². The van der Waals surface area contributed by atoms with Crippen molar-refractivity contribution in [2.75, 3.05) is 0 Å². The highest BCUT2D eigenvalue weighted by atomic mass is 16.5. The van der Waals surface area contributed by atoms with Crippen LogP contribution in [0.25, 0.3) is 33.2 Å². The van der Waals surface area contributed by atoms with Crippen LogP contribution in [0.3, 0.4) is 0 Å². The third-order valence-corrected chi connectivity index (χ3v) is 4.09. The number of nitrogens with zero attached hydrogens (tertiary/aromatic N) is 1. The van der Waals surface area contributed by atoms with Crippen molar-refractivity contribution in [2.24, 2.45) is 0 Å². The van der Waals surface area contributed by atoms with E-state index in [1.807, 2.05) is 68.4 Å². The van der Waals surface area contributed by atoms with Gasteiger partial charge in [0.2, 0.25) is 0 Å². The number of fused-ring (bicyclic) bond motifs is 3. The topological polar surface area (TPSA) is 55.0 Å². The summed E-state index contributed by atoms with van der Waals surface area (Å²) in [4.78, 5) is 20.2. The highest BCUT2D eigenvalue weighted by Gasteiger charge is 2.13. The van der Waals surface area contributed by atoms with Crippen molar-refractivity contribution >= 4 is 27.9 Å². The number of carbonyl (C=O) groups excluding carboxylic acids is 1. The second-order valence-corrected chi connectivity index (χ2v) is 6.30. The standard InChI is InChI=1S/C21H18N2O2/c1-13(2)25-21(24)15-8-9-16-19(12-15)22-18-11-10-17(23-20(16)18)14-6-4-3-5-7-14/h3-13,22H,1-2H3. The summed E-state index contributed by atoms with van der Waals surface area (Å²) in [6, 6.07) is 19.6. The summed E-state index contributed by atoms with van der Waals surface area (Å²) < 4.78 is 5.27. The molecule has 25 heavy (non-hydrogen) atoms. The van der Waals surface area contributed by atoms with Gasteiger partial charge in [-0.2, -0.15) is 0 Å². The van der Waals surface area contributed by atoms with E-state index in [1.54, 1.807) is 6.07 Å². The Bertz CT molecular complexity index is 1070. The fourth-order valence-corrected chi connectivity index (χ4v) is 2.94. The molecule has 124 valence electrons. The van der Waals surface area contributed by atoms with Gasteiger partial charge in [0.05, 0.1) is 28.4 Å². The van der Waals surface area contributed by atoms with Crippen molar-refractivity contribution in [1.29, 1.82) is 0 Å². The molecule has 0 spiro atoms. The maximum atomic E-state index is 12.1. The first-order valence-corrected chi connectivity index (χ1v) is 8.31. The van der Waals surface area contributed by atoms with E-state index in [2.05, 4.69) is 4.98 Å². The lowest BCUT2D eigenvalue weighted by atomic mass is 10.1. The van der Waals surface area contributed by atoms with Crippen molar-refractivity contribution < 1.29 is 9.53 Å². The molecule has 0 fully saturated rings. The van der Waals surface area contributed by atoms with Crippen LogP contribution < -0.4 is 0 Å². The van der Waals surface area contributed by atoms with Gasteiger partial charge in [0.1, 0.15) is 0 Å². The molecule has 0 saturated carbocycles. The normalized spacial score (nSPS) is 11.3. The van der Waals surface area contributed by atoms with Crippen molar-refractivity contribution in [1.82, 2.24) is 9.97 Å². The second-order valence-electron chi connectivity index (χ2n) is 6.30. The van der Waals surface area contributed by atoms with E-state index in [1.165, 1.54) is 0 Å². The Morgan fingerprint density at radius 1 is 1.00 bits per heavy atom. The zero-order valence-corrected chi connectivity index (χ0v) is 14.1. The largest absolute Gasteiger partial charge is 0.459 e. The number of hydrogen-bond acceptors (Lipinski definition) is 3. The SMILES string of the molecule is CC(C)OC(=O)c1ccc2c(c1)[nH]c1ccc(-c3ccccc3)nc12. The van der Waals surface area contributed by atoms with E-state index < -0.39 is 0 Å². The number of hydrogen-bond donors (Lipinski definition) is 1. The van der Waals surface area contributed by atoms with Crippen LogP contribution in [0.15, 0.2) is 60.7 Å². The smallest absolute Gasteiger partial charge is 0.338 e. The van der Waals surface area contributed by atoms with Gasteiger partial charge in [0, 0.05) is 16.5 Å². The Balaban J connectivity index is 1.81. The third-order valence-electron chi connectivity index (χ3n) is 4.09. The van der Waals surface area contributed by atoms with E-state index in [9.17, 15) is 4.79 Å². The molecule has 0 radical (unpaired) electrons. The summed E-state index contributed by atoms with van der Waals surface area (Å²) in [5.74, 6) is -0.312. The van der Waals surface area contributed by atoms with Crippen LogP contribution in [0.5, 0.6) is 0 Å². The highest BCUT2D eigenvalue weighted by Crippen LogP contribution is 2.28. The van der Waals surface area contributed by atoms with Gasteiger partial charge in [-0.3, -0.25) is 0 Å². The molecular weight excluding hydrogens is 312 g/mol. The molecule has 0 amide bonds. The number of ether oxygens (including phenoxy) is 1. The predicted octanol–water partition coefficient (Wildman–Crippen LogP) is 4.95. The van der Waals surface area contributed by atoms with E-state index in [-0.39, 0.29) is 12.1 Å². The lowest BCUT2D eigenvalue weighted by Crippen LogP contribution is -2.11. The molecule has 0 aliphatic rings. The molecular formula is C21H18N2O2. The Kier molecular flexibility index (Phi) is 3.73. The van der Waals surface area contributed by atoms with Gasteiger partial charge >= 0.3 is 5.97 Å². The summed E-state index contributed by atoms with van der Waals surface area (Å²) in [6.07, 6.45) is -0.138. The summed E-state index contributed by atoms with van der Waals surface area (Å²) in [7, 11) is 0. The number of benzene rings is 2. The number of esters is 1. The summed E-state index contributed by atoms with van der Waals surface area (Å²) in [5.41, 5.74) is 5.28. The van der Waals surface area contributed by atoms with Crippen LogP contribution in [0.2, 0.25) is 0 Å². The van der Waals surface area contributed by atoms with Crippen LogP contribution in [-0.4, -0.2) is 22.0 Å². The van der Waals surface area contributed by atoms with E-state index in [4.69, 9.17) is 9.72 Å². The van der Waals surface area contributed by atoms with Gasteiger partial charge in [-0.25, -0.2) is 9.78 Å². The highest BCUT2D eigenvalue weighted by molar-refractivity contribution is 6.07. The fraction of sp³-hybridized carbons (Fsp3) is 0.143. The van der Waals surface area contributed by atoms with Gasteiger partial charge < -0.3 is 9.72 Å². The number of nitrogens with one attached hydrogen (secondary N) is 1. The average Bonchev–Trinajstić information content (AvgIpc) is 2.98. The minimum Gasteiger partial charge on any atom is -0.459 e. The van der Waals surface area contributed by atoms with Crippen molar-refractivity contribution in [3.63, 3.8) is 0 Å². The second kappa shape index (κ2) is 6.06. The Morgan fingerprint density at radius 3 is 2.56 bits per heavy atom. The van der Waals surface area contributed by atoms with Crippen LogP contribution in [0.4, 0.5) is 0 Å². The molecule has 0 saturated heterocycles. The van der Waals surface area contributed by atoms with E-state index >= 15 is 0 Å². The zero-order chi connectivity index (χ0) is 17.4. The maximum absolute atomic E-state index is 12.1. The van der Waals surface area contributed by atoms with Crippen LogP contribution in [0, 0.1) is 0 Å². The number of aromatic nitrogens is 2. The predicted molar refractivity (Wildman–Crippen MR) is 99.6 cm³/mol. The van der Waals surface area contributed by atoms with Gasteiger partial charge in [-0.05, 0) is 44.2 Å². The molecule has 4 heteroatoms. The molecule has 2 aromatic heterocycles. The van der Waals surface area contributed by atoms with Crippen LogP contribution in [0.1, 0.15) is 24.2 Å². The molecule has 4 nitrogen and oxygen atoms in total. The Labute approximate surface area is 145 Å². The molecule has 0 aliphatic heterocycles. The van der Waals surface area contributed by atoms with Gasteiger partial charge in [-0.1, -0.05) is 30.3 Å². The molecule has 0 aliphatic carbocycles. The number of rotatable bonds is 3. The lowest BCUT2D eigenvalue weighted by Gasteiger charge is -2.07. The molecule has 2 aromatic carbocycles. The molecule has 0 bridgehead atoms. The van der Waals surface area contributed by atoms with Crippen molar-refractivity contribution in [2.45, 2.75) is 20.0 Å². The summed E-state index contributed by atoms with van der Waals surface area (Å²) >= 11 is 0. The van der Waals surface area contributed by atoms with Crippen LogP contribution in [-0.2, 0) is 4.74 Å². The molecule has 1 N–H and O–H groups in total. The molecule has 4 rings (SSSR count). The number of pyridine rings is 1. The van der Waals surface area contributed by atoms with E-state index in [0.29, 0.717) is 5.56 Å². The quantitative estimate of drug-likeness (QED) is 0.541. The molecule has 0 unspecified atom stereocenters. The fourth-order valence-electron chi connectivity index (χ4n) is 2.94. The first-order valence-electron chi connectivity index (χ1n) is 8.31. The Morgan fingerprint density at radius 2 is 1.80 bits per heavy atom. The van der Waals surface area contributed by atoms with Gasteiger partial charge in [0.25, 0.3) is 0 Å². The Hall–Kier alpha value is -3.14. The monoisotopic (exact) mass is 330 g/mol. The maximum Gasteiger partial charge on any atom is 0.338 e. The summed E-state index contributed by atoms with van der Waals surface area (Å²) in [6.45, 7) is 3.68. The minimum absolute atomic E-state index is 0.138. The summed E-state index contributed by atoms with van der Waals surface area (Å²) in [5, 5.41) is 0.994. The van der Waals surface area contributed by atoms with Crippen LogP contribution >= 0.6 is 0 Å². The van der Waals surface area contributed by atoms with Crippen molar-refractivity contribution in [3.8, 4) is 11.3 Å². The third kappa shape index (κ3) is 2.87. The zero-order valence-electron chi connectivity index (χ0n) is 14.1. The van der Waals surface area contributed by atoms with E-state index in [0.717, 1.165) is 33.2 Å². The first kappa shape index (κ1) is 15.4. The minimum atomic E-state index is -0.312. The average molecular weight is 330 g/mol. The van der Waals surface area contributed by atoms with Gasteiger partial charge in [-0.15, -0.1) is 0 Å². The lowest BCUT2D eigenvalue weighted by molar-refractivity contribution is 0.0378. The number of H-pyrrole nitrogens is 1. The molecule has 2 heterocycles.